The maximum atomic E-state index is 13.7. The van der Waals surface area contributed by atoms with Gasteiger partial charge in [-0.3, -0.25) is 4.90 Å². The summed E-state index contributed by atoms with van der Waals surface area (Å²) in [4.78, 5) is 8.31. The van der Waals surface area contributed by atoms with Crippen LogP contribution in [-0.2, 0) is 6.42 Å². The third kappa shape index (κ3) is 4.35. The minimum atomic E-state index is -0.274. The SMILES string of the molecule is Oc1c([C@H](c2ccc(F)cc2)N2CCC(Cc3ccccc3)CC2)sc2nc(-c3ccco3)nn12. The Morgan fingerprint density at radius 1 is 1.03 bits per heavy atom. The molecular weight excluding hydrogens is 463 g/mol. The summed E-state index contributed by atoms with van der Waals surface area (Å²) in [6.45, 7) is 1.79. The second-order valence-electron chi connectivity index (χ2n) is 9.02. The zero-order valence-corrected chi connectivity index (χ0v) is 19.9. The van der Waals surface area contributed by atoms with E-state index in [-0.39, 0.29) is 17.7 Å². The molecule has 35 heavy (non-hydrogen) atoms. The summed E-state index contributed by atoms with van der Waals surface area (Å²) in [5.74, 6) is 1.40. The van der Waals surface area contributed by atoms with E-state index >= 15 is 0 Å². The van der Waals surface area contributed by atoms with Crippen molar-refractivity contribution in [1.82, 2.24) is 19.5 Å². The fourth-order valence-electron chi connectivity index (χ4n) is 4.97. The minimum Gasteiger partial charge on any atom is -0.492 e. The molecule has 0 spiro atoms. The van der Waals surface area contributed by atoms with Crippen LogP contribution in [0.3, 0.4) is 0 Å². The average molecular weight is 489 g/mol. The molecule has 4 heterocycles. The number of likely N-dealkylation sites (tertiary alicyclic amines) is 1. The molecular formula is C27H25FN4O2S. The first-order valence-corrected chi connectivity index (χ1v) is 12.6. The van der Waals surface area contributed by atoms with Crippen LogP contribution in [0.15, 0.2) is 77.4 Å². The molecule has 6 rings (SSSR count). The van der Waals surface area contributed by atoms with Gasteiger partial charge in [0.1, 0.15) is 5.82 Å². The summed E-state index contributed by atoms with van der Waals surface area (Å²) in [6.07, 6.45) is 4.78. The second-order valence-corrected chi connectivity index (χ2v) is 10.0. The molecule has 178 valence electrons. The van der Waals surface area contributed by atoms with Crippen molar-refractivity contribution in [3.63, 3.8) is 0 Å². The topological polar surface area (TPSA) is 66.8 Å². The summed E-state index contributed by atoms with van der Waals surface area (Å²) < 4.78 is 20.6. The molecule has 2 aromatic carbocycles. The lowest BCUT2D eigenvalue weighted by molar-refractivity contribution is 0.150. The van der Waals surface area contributed by atoms with Crippen LogP contribution < -0.4 is 0 Å². The predicted molar refractivity (Wildman–Crippen MR) is 133 cm³/mol. The van der Waals surface area contributed by atoms with Gasteiger partial charge in [0.25, 0.3) is 0 Å². The Kier molecular flexibility index (Phi) is 5.83. The molecule has 1 N–H and O–H groups in total. The number of benzene rings is 2. The number of hydrogen-bond acceptors (Lipinski definition) is 6. The highest BCUT2D eigenvalue weighted by molar-refractivity contribution is 7.17. The molecule has 1 aliphatic rings. The highest BCUT2D eigenvalue weighted by Crippen LogP contribution is 2.42. The van der Waals surface area contributed by atoms with Crippen molar-refractivity contribution in [3.8, 4) is 17.5 Å². The van der Waals surface area contributed by atoms with Gasteiger partial charge in [0.15, 0.2) is 5.76 Å². The predicted octanol–water partition coefficient (Wildman–Crippen LogP) is 5.94. The molecule has 0 saturated carbocycles. The summed E-state index contributed by atoms with van der Waals surface area (Å²) in [7, 11) is 0. The second kappa shape index (κ2) is 9.28. The van der Waals surface area contributed by atoms with E-state index < -0.39 is 0 Å². The molecule has 1 fully saturated rings. The van der Waals surface area contributed by atoms with Gasteiger partial charge in [0, 0.05) is 0 Å². The number of rotatable bonds is 6. The number of nitrogens with zero attached hydrogens (tertiary/aromatic N) is 4. The first kappa shape index (κ1) is 22.0. The number of aromatic nitrogens is 3. The van der Waals surface area contributed by atoms with Gasteiger partial charge in [0.05, 0.1) is 17.2 Å². The van der Waals surface area contributed by atoms with Crippen LogP contribution in [0.1, 0.15) is 34.9 Å². The van der Waals surface area contributed by atoms with Crippen molar-refractivity contribution in [2.24, 2.45) is 5.92 Å². The van der Waals surface area contributed by atoms with Crippen molar-refractivity contribution < 1.29 is 13.9 Å². The minimum absolute atomic E-state index is 0.0658. The number of aromatic hydroxyl groups is 1. The van der Waals surface area contributed by atoms with E-state index in [1.54, 1.807) is 30.5 Å². The van der Waals surface area contributed by atoms with Crippen LogP contribution in [-0.4, -0.2) is 37.7 Å². The van der Waals surface area contributed by atoms with Gasteiger partial charge in [-0.25, -0.2) is 4.39 Å². The third-order valence-electron chi connectivity index (χ3n) is 6.76. The molecule has 0 amide bonds. The van der Waals surface area contributed by atoms with Crippen molar-refractivity contribution in [2.75, 3.05) is 13.1 Å². The third-order valence-corrected chi connectivity index (χ3v) is 7.83. The molecule has 0 aliphatic carbocycles. The average Bonchev–Trinajstić information content (AvgIpc) is 3.61. The van der Waals surface area contributed by atoms with Crippen molar-refractivity contribution in [2.45, 2.75) is 25.3 Å². The van der Waals surface area contributed by atoms with Gasteiger partial charge in [-0.1, -0.05) is 53.8 Å². The Labute approximate surface area is 206 Å². The van der Waals surface area contributed by atoms with E-state index in [9.17, 15) is 9.50 Å². The van der Waals surface area contributed by atoms with Crippen LogP contribution in [0.4, 0.5) is 4.39 Å². The van der Waals surface area contributed by atoms with Crippen LogP contribution >= 0.6 is 11.3 Å². The van der Waals surface area contributed by atoms with Gasteiger partial charge in [-0.05, 0) is 73.7 Å². The molecule has 3 aromatic heterocycles. The molecule has 1 aliphatic heterocycles. The first-order valence-electron chi connectivity index (χ1n) is 11.8. The van der Waals surface area contributed by atoms with Gasteiger partial charge in [-0.15, -0.1) is 5.10 Å². The molecule has 0 bridgehead atoms. The largest absolute Gasteiger partial charge is 0.492 e. The maximum absolute atomic E-state index is 13.7. The van der Waals surface area contributed by atoms with E-state index in [1.165, 1.54) is 33.5 Å². The number of thiazole rings is 1. The zero-order valence-electron chi connectivity index (χ0n) is 19.0. The van der Waals surface area contributed by atoms with Crippen molar-refractivity contribution in [1.29, 1.82) is 0 Å². The molecule has 1 atom stereocenters. The smallest absolute Gasteiger partial charge is 0.230 e. The zero-order chi connectivity index (χ0) is 23.8. The Morgan fingerprint density at radius 3 is 2.49 bits per heavy atom. The van der Waals surface area contributed by atoms with Crippen LogP contribution in [0.5, 0.6) is 5.88 Å². The fraction of sp³-hybridized carbons (Fsp3) is 0.259. The Morgan fingerprint density at radius 2 is 1.80 bits per heavy atom. The Bertz CT molecular complexity index is 1410. The van der Waals surface area contributed by atoms with E-state index in [4.69, 9.17) is 4.42 Å². The standard InChI is InChI=1S/C27H25FN4O2S/c28-21-10-8-20(9-11-21)23(31-14-12-19(13-15-31)17-18-5-2-1-3-6-18)24-26(33)32-27(35-24)29-25(30-32)22-7-4-16-34-22/h1-11,16,19,23,33H,12-15,17H2/t23-/m0/s1. The van der Waals surface area contributed by atoms with E-state index in [2.05, 4.69) is 45.3 Å². The van der Waals surface area contributed by atoms with E-state index in [0.29, 0.717) is 22.5 Å². The highest BCUT2D eigenvalue weighted by atomic mass is 32.1. The number of piperidine rings is 1. The Hall–Kier alpha value is -3.49. The van der Waals surface area contributed by atoms with Gasteiger partial charge < -0.3 is 9.52 Å². The van der Waals surface area contributed by atoms with Gasteiger partial charge in [-0.2, -0.15) is 9.50 Å². The number of hydrogen-bond donors (Lipinski definition) is 1. The Balaban J connectivity index is 1.29. The number of furan rings is 1. The highest BCUT2D eigenvalue weighted by Gasteiger charge is 2.32. The van der Waals surface area contributed by atoms with Crippen LogP contribution in [0, 0.1) is 11.7 Å². The first-order chi connectivity index (χ1) is 17.2. The quantitative estimate of drug-likeness (QED) is 0.320. The normalized spacial score (nSPS) is 16.1. The fourth-order valence-corrected chi connectivity index (χ4v) is 6.09. The summed E-state index contributed by atoms with van der Waals surface area (Å²) in [6, 6.07) is 20.6. The lowest BCUT2D eigenvalue weighted by Crippen LogP contribution is -2.37. The van der Waals surface area contributed by atoms with Crippen LogP contribution in [0.25, 0.3) is 16.5 Å². The van der Waals surface area contributed by atoms with Crippen molar-refractivity contribution in [3.05, 3.63) is 94.8 Å². The monoisotopic (exact) mass is 488 g/mol. The maximum Gasteiger partial charge on any atom is 0.230 e. The molecule has 5 aromatic rings. The lowest BCUT2D eigenvalue weighted by Gasteiger charge is -2.37. The summed E-state index contributed by atoms with van der Waals surface area (Å²) in [5, 5.41) is 15.7. The van der Waals surface area contributed by atoms with Crippen LogP contribution in [0.2, 0.25) is 0 Å². The summed E-state index contributed by atoms with van der Waals surface area (Å²) >= 11 is 1.41. The summed E-state index contributed by atoms with van der Waals surface area (Å²) in [5.41, 5.74) is 2.32. The van der Waals surface area contributed by atoms with Gasteiger partial charge in [0.2, 0.25) is 16.7 Å². The number of halogens is 1. The molecule has 1 saturated heterocycles. The molecule has 8 heteroatoms. The van der Waals surface area contributed by atoms with Crippen molar-refractivity contribution >= 4 is 16.3 Å². The lowest BCUT2D eigenvalue weighted by atomic mass is 9.89. The molecule has 0 unspecified atom stereocenters. The van der Waals surface area contributed by atoms with E-state index in [1.807, 2.05) is 0 Å². The number of fused-ring (bicyclic) bond motifs is 1. The van der Waals surface area contributed by atoms with E-state index in [0.717, 1.165) is 42.8 Å². The van der Waals surface area contributed by atoms with Gasteiger partial charge >= 0.3 is 0 Å². The molecule has 0 radical (unpaired) electrons. The molecule has 6 nitrogen and oxygen atoms in total.